The first-order chi connectivity index (χ1) is 17.0. The van der Waals surface area contributed by atoms with Crippen LogP contribution in [0.25, 0.3) is 0 Å². The maximum absolute atomic E-state index is 10.9. The number of hydrogen-bond donors (Lipinski definition) is 10. The molecule has 3 heterocycles. The van der Waals surface area contributed by atoms with Gasteiger partial charge in [-0.05, 0) is 0 Å². The van der Waals surface area contributed by atoms with Gasteiger partial charge in [0, 0.05) is 0 Å². The average molecular weight is 531 g/mol. The fraction of sp³-hybridized carbons (Fsp3) is 0.947. The molecule has 0 spiro atoms. The average Bonchev–Trinajstić information content (AvgIpc) is 2.84. The maximum Gasteiger partial charge on any atom is 0.322 e. The molecule has 3 saturated heterocycles. The third-order valence-corrected chi connectivity index (χ3v) is 6.04. The van der Waals surface area contributed by atoms with Gasteiger partial charge in [-0.1, -0.05) is 0 Å². The minimum absolute atomic E-state index is 0.395. The molecule has 0 unspecified atom stereocenters. The first-order valence-electron chi connectivity index (χ1n) is 11.1. The predicted molar refractivity (Wildman–Crippen MR) is 109 cm³/mol. The van der Waals surface area contributed by atoms with Crippen LogP contribution in [0, 0.1) is 0 Å². The van der Waals surface area contributed by atoms with Crippen LogP contribution in [0.1, 0.15) is 0 Å². The molecule has 0 aromatic rings. The minimum atomic E-state index is -1.79. The molecule has 0 bridgehead atoms. The van der Waals surface area contributed by atoms with Gasteiger partial charge in [-0.2, -0.15) is 0 Å². The zero-order valence-electron chi connectivity index (χ0n) is 18.9. The summed E-state index contributed by atoms with van der Waals surface area (Å²) in [6, 6.07) is -1.46. The first kappa shape index (κ1) is 29.4. The van der Waals surface area contributed by atoms with E-state index in [2.05, 4.69) is 0 Å². The Labute approximate surface area is 204 Å². The van der Waals surface area contributed by atoms with E-state index in [0.29, 0.717) is 0 Å². The summed E-state index contributed by atoms with van der Waals surface area (Å²) in [6.45, 7) is -2.20. The highest BCUT2D eigenvalue weighted by atomic mass is 16.7. The lowest BCUT2D eigenvalue weighted by Crippen LogP contribution is -2.64. The van der Waals surface area contributed by atoms with Gasteiger partial charge in [0.05, 0.1) is 26.4 Å². The molecular formula is C19H33NO16. The van der Waals surface area contributed by atoms with Crippen molar-refractivity contribution in [2.24, 2.45) is 5.73 Å². The molecule has 210 valence electrons. The molecule has 36 heavy (non-hydrogen) atoms. The standard InChI is InChI=1S/C19H33NO16/c20-5(16(29)30)2-31-18-13(28)15(10(25)8(1-21)34-18)36-19-12(27)14(7(23)4-33-19)35-17-11(26)9(24)6(22)3-32-17/h5-15,17-19,21-28H,1-4,20H2,(H,29,30)/t5-,6+,7+,8+,9-,10+,11+,12+,13+,14-,15-,17+,18+,19+/m0/s1. The van der Waals surface area contributed by atoms with E-state index < -0.39 is 118 Å². The van der Waals surface area contributed by atoms with E-state index in [1.165, 1.54) is 0 Å². The summed E-state index contributed by atoms with van der Waals surface area (Å²) in [5.41, 5.74) is 5.37. The van der Waals surface area contributed by atoms with Gasteiger partial charge in [0.15, 0.2) is 18.9 Å². The topological polar surface area (TPSA) is 281 Å². The summed E-state index contributed by atoms with van der Waals surface area (Å²) >= 11 is 0. The molecule has 11 N–H and O–H groups in total. The van der Waals surface area contributed by atoms with Crippen molar-refractivity contribution in [3.05, 3.63) is 0 Å². The lowest BCUT2D eigenvalue weighted by Gasteiger charge is -2.46. The van der Waals surface area contributed by atoms with Crippen molar-refractivity contribution < 1.29 is 79.2 Å². The van der Waals surface area contributed by atoms with Gasteiger partial charge in [-0.15, -0.1) is 0 Å². The molecule has 0 radical (unpaired) electrons. The van der Waals surface area contributed by atoms with Gasteiger partial charge in [0.25, 0.3) is 0 Å². The number of aliphatic hydroxyl groups is 8. The number of carboxylic acids is 1. The third kappa shape index (κ3) is 6.46. The molecule has 14 atom stereocenters. The van der Waals surface area contributed by atoms with Crippen LogP contribution in [0.5, 0.6) is 0 Å². The molecule has 3 aliphatic heterocycles. The number of carboxylic acid groups (broad SMARTS) is 1. The largest absolute Gasteiger partial charge is 0.480 e. The van der Waals surface area contributed by atoms with Crippen LogP contribution < -0.4 is 5.73 Å². The van der Waals surface area contributed by atoms with Crippen LogP contribution in [-0.4, -0.2) is 164 Å². The van der Waals surface area contributed by atoms with Gasteiger partial charge in [0.1, 0.15) is 67.1 Å². The van der Waals surface area contributed by atoms with Gasteiger partial charge in [-0.3, -0.25) is 4.79 Å². The molecule has 17 nitrogen and oxygen atoms in total. The van der Waals surface area contributed by atoms with E-state index in [0.717, 1.165) is 0 Å². The Hall–Kier alpha value is -1.13. The second-order valence-electron chi connectivity index (χ2n) is 8.70. The quantitative estimate of drug-likeness (QED) is 0.132. The predicted octanol–water partition coefficient (Wildman–Crippen LogP) is -6.86. The Bertz CT molecular complexity index is 717. The Morgan fingerprint density at radius 1 is 0.806 bits per heavy atom. The summed E-state index contributed by atoms with van der Waals surface area (Å²) in [5, 5.41) is 89.9. The summed E-state index contributed by atoms with van der Waals surface area (Å²) in [4.78, 5) is 10.9. The molecule has 17 heteroatoms. The van der Waals surface area contributed by atoms with E-state index in [4.69, 9.17) is 39.3 Å². The number of rotatable bonds is 9. The number of carbonyl (C=O) groups is 1. The van der Waals surface area contributed by atoms with E-state index in [1.54, 1.807) is 0 Å². The van der Waals surface area contributed by atoms with Crippen molar-refractivity contribution in [2.75, 3.05) is 26.4 Å². The number of nitrogens with two attached hydrogens (primary N) is 1. The molecule has 0 aromatic heterocycles. The molecular weight excluding hydrogens is 498 g/mol. The highest BCUT2D eigenvalue weighted by molar-refractivity contribution is 5.73. The molecule has 3 fully saturated rings. The Kier molecular flexibility index (Phi) is 10.3. The molecule has 0 amide bonds. The maximum atomic E-state index is 10.9. The Morgan fingerprint density at radius 3 is 1.97 bits per heavy atom. The van der Waals surface area contributed by atoms with Gasteiger partial charge in [0.2, 0.25) is 0 Å². The lowest BCUT2D eigenvalue weighted by atomic mass is 9.98. The highest BCUT2D eigenvalue weighted by Gasteiger charge is 2.51. The van der Waals surface area contributed by atoms with Crippen LogP contribution in [-0.2, 0) is 33.2 Å². The van der Waals surface area contributed by atoms with Crippen LogP contribution in [0.2, 0.25) is 0 Å². The molecule has 0 saturated carbocycles. The number of aliphatic carboxylic acids is 1. The summed E-state index contributed by atoms with van der Waals surface area (Å²) < 4.78 is 31.8. The summed E-state index contributed by atoms with van der Waals surface area (Å²) in [7, 11) is 0. The third-order valence-electron chi connectivity index (χ3n) is 6.04. The van der Waals surface area contributed by atoms with Crippen molar-refractivity contribution in [3.8, 4) is 0 Å². The van der Waals surface area contributed by atoms with Crippen LogP contribution in [0.4, 0.5) is 0 Å². The second kappa shape index (κ2) is 12.6. The smallest absolute Gasteiger partial charge is 0.322 e. The second-order valence-corrected chi connectivity index (χ2v) is 8.70. The fourth-order valence-corrected chi connectivity index (χ4v) is 3.89. The highest BCUT2D eigenvalue weighted by Crippen LogP contribution is 2.30. The SMILES string of the molecule is N[C@@H](CO[C@@H]1O[C@H](CO)[C@@H](O)[C@H](O[C@H]2OC[C@@H](O)[C@H](O[C@H]3OC[C@@H](O)[C@H](O)[C@H]3O)[C@H]2O)[C@H]1O)C(=O)O. The van der Waals surface area contributed by atoms with E-state index in [9.17, 15) is 45.6 Å². The zero-order valence-corrected chi connectivity index (χ0v) is 18.9. The number of aliphatic hydroxyl groups excluding tert-OH is 8. The molecule has 0 aromatic carbocycles. The van der Waals surface area contributed by atoms with Crippen molar-refractivity contribution in [1.82, 2.24) is 0 Å². The van der Waals surface area contributed by atoms with Crippen LogP contribution >= 0.6 is 0 Å². The van der Waals surface area contributed by atoms with Crippen molar-refractivity contribution in [2.45, 2.75) is 86.0 Å². The summed E-state index contributed by atoms with van der Waals surface area (Å²) in [6.07, 6.45) is -20.6. The van der Waals surface area contributed by atoms with Gasteiger partial charge < -0.3 is 80.1 Å². The Balaban J connectivity index is 1.68. The Morgan fingerprint density at radius 2 is 1.36 bits per heavy atom. The van der Waals surface area contributed by atoms with E-state index in [-0.39, 0.29) is 0 Å². The molecule has 3 aliphatic rings. The van der Waals surface area contributed by atoms with Gasteiger partial charge >= 0.3 is 5.97 Å². The summed E-state index contributed by atoms with van der Waals surface area (Å²) in [5.74, 6) is -1.38. The minimum Gasteiger partial charge on any atom is -0.480 e. The van der Waals surface area contributed by atoms with Crippen molar-refractivity contribution in [1.29, 1.82) is 0 Å². The number of ether oxygens (including phenoxy) is 6. The van der Waals surface area contributed by atoms with Crippen LogP contribution in [0.15, 0.2) is 0 Å². The van der Waals surface area contributed by atoms with Gasteiger partial charge in [-0.25, -0.2) is 0 Å². The van der Waals surface area contributed by atoms with Crippen LogP contribution in [0.3, 0.4) is 0 Å². The zero-order chi connectivity index (χ0) is 26.7. The van der Waals surface area contributed by atoms with E-state index >= 15 is 0 Å². The first-order valence-corrected chi connectivity index (χ1v) is 11.1. The number of hydrogen-bond acceptors (Lipinski definition) is 16. The lowest BCUT2D eigenvalue weighted by molar-refractivity contribution is -0.364. The monoisotopic (exact) mass is 531 g/mol. The molecule has 3 rings (SSSR count). The van der Waals surface area contributed by atoms with Crippen molar-refractivity contribution in [3.63, 3.8) is 0 Å². The molecule has 0 aliphatic carbocycles. The van der Waals surface area contributed by atoms with E-state index in [1.807, 2.05) is 0 Å². The van der Waals surface area contributed by atoms with Crippen molar-refractivity contribution >= 4 is 5.97 Å². The normalized spacial score (nSPS) is 46.9. The fourth-order valence-electron chi connectivity index (χ4n) is 3.89.